The number of rotatable bonds is 4. The van der Waals surface area contributed by atoms with Crippen LogP contribution in [0.15, 0.2) is 41.3 Å². The largest absolute Gasteiger partial charge is 0.365 e. The molecular weight excluding hydrogens is 295 g/mol. The van der Waals surface area contributed by atoms with Crippen LogP contribution >= 0.6 is 0 Å². The lowest BCUT2D eigenvalue weighted by Gasteiger charge is -2.12. The molecular formula is C14H12FN2O3S. The van der Waals surface area contributed by atoms with Crippen molar-refractivity contribution in [2.24, 2.45) is 5.73 Å². The van der Waals surface area contributed by atoms with Crippen LogP contribution in [0.5, 0.6) is 0 Å². The van der Waals surface area contributed by atoms with Crippen LogP contribution in [0, 0.1) is 11.9 Å². The fourth-order valence-electron chi connectivity index (χ4n) is 1.97. The molecule has 0 unspecified atom stereocenters. The maximum Gasteiger partial charge on any atom is 0.252 e. The Morgan fingerprint density at radius 1 is 1.24 bits per heavy atom. The van der Waals surface area contributed by atoms with Gasteiger partial charge in [-0.2, -0.15) is 0 Å². The Hall–Kier alpha value is -2.25. The summed E-state index contributed by atoms with van der Waals surface area (Å²) in [5.74, 6) is -1.91. The van der Waals surface area contributed by atoms with Crippen LogP contribution < -0.4 is 10.5 Å². The second-order valence-corrected chi connectivity index (χ2v) is 6.00. The van der Waals surface area contributed by atoms with E-state index in [0.29, 0.717) is 0 Å². The molecule has 109 valence electrons. The van der Waals surface area contributed by atoms with E-state index in [4.69, 9.17) is 5.73 Å². The number of sulfonamides is 1. The molecule has 0 spiro atoms. The van der Waals surface area contributed by atoms with Crippen molar-refractivity contribution in [3.63, 3.8) is 0 Å². The molecule has 0 aliphatic carbocycles. The maximum atomic E-state index is 13.8. The molecule has 0 atom stereocenters. The second kappa shape index (κ2) is 5.63. The molecule has 5 nitrogen and oxygen atoms in total. The fourth-order valence-corrected chi connectivity index (χ4v) is 2.92. The molecule has 0 saturated heterocycles. The zero-order valence-electron chi connectivity index (χ0n) is 11.1. The molecule has 2 rings (SSSR count). The molecule has 3 N–H and O–H groups in total. The number of benzene rings is 2. The highest BCUT2D eigenvalue weighted by atomic mass is 32.2. The standard InChI is InChI=1S/C14H12FN2O3S/c1-17-21(19,20)12-8-3-2-5-9(12)10-6-4-7-11(15)13(10)14(16)18/h2-6,8,17H,1H3,(H2,16,18). The molecule has 7 heteroatoms. The smallest absolute Gasteiger partial charge is 0.252 e. The summed E-state index contributed by atoms with van der Waals surface area (Å²) in [6.07, 6.45) is 0. The van der Waals surface area contributed by atoms with E-state index in [9.17, 15) is 17.6 Å². The predicted molar refractivity (Wildman–Crippen MR) is 75.4 cm³/mol. The Morgan fingerprint density at radius 3 is 2.52 bits per heavy atom. The predicted octanol–water partition coefficient (Wildman–Crippen LogP) is 1.30. The molecule has 0 aromatic heterocycles. The Bertz CT molecular complexity index is 804. The highest BCUT2D eigenvalue weighted by molar-refractivity contribution is 7.89. The lowest BCUT2D eigenvalue weighted by Crippen LogP contribution is -2.20. The van der Waals surface area contributed by atoms with Crippen LogP contribution in [-0.2, 0) is 10.0 Å². The third-order valence-electron chi connectivity index (χ3n) is 2.93. The van der Waals surface area contributed by atoms with Gasteiger partial charge in [-0.25, -0.2) is 17.5 Å². The first-order valence-electron chi connectivity index (χ1n) is 5.91. The van der Waals surface area contributed by atoms with Crippen LogP contribution in [0.2, 0.25) is 0 Å². The van der Waals surface area contributed by atoms with Gasteiger partial charge < -0.3 is 5.73 Å². The summed E-state index contributed by atoms with van der Waals surface area (Å²) in [6, 6.07) is 10.8. The molecule has 0 fully saturated rings. The summed E-state index contributed by atoms with van der Waals surface area (Å²) in [5, 5.41) is 0. The summed E-state index contributed by atoms with van der Waals surface area (Å²) >= 11 is 0. The van der Waals surface area contributed by atoms with Crippen molar-refractivity contribution in [2.75, 3.05) is 7.05 Å². The third-order valence-corrected chi connectivity index (χ3v) is 4.40. The number of halogens is 1. The summed E-state index contributed by atoms with van der Waals surface area (Å²) in [5.41, 5.74) is 5.08. The molecule has 0 bridgehead atoms. The minimum atomic E-state index is -3.77. The van der Waals surface area contributed by atoms with Gasteiger partial charge >= 0.3 is 0 Å². The first-order valence-corrected chi connectivity index (χ1v) is 7.39. The van der Waals surface area contributed by atoms with Gasteiger partial charge in [-0.3, -0.25) is 4.79 Å². The molecule has 0 heterocycles. The van der Waals surface area contributed by atoms with Crippen molar-refractivity contribution in [1.82, 2.24) is 4.72 Å². The van der Waals surface area contributed by atoms with Gasteiger partial charge in [-0.15, -0.1) is 0 Å². The SMILES string of the molecule is CNS(=O)(=O)c1ccccc1-c1cc[c]c(F)c1C(N)=O. The second-order valence-electron chi connectivity index (χ2n) is 4.15. The molecule has 0 aliphatic rings. The van der Waals surface area contributed by atoms with E-state index in [1.807, 2.05) is 0 Å². The van der Waals surface area contributed by atoms with Crippen LogP contribution in [-0.4, -0.2) is 21.4 Å². The zero-order valence-corrected chi connectivity index (χ0v) is 11.9. The lowest BCUT2D eigenvalue weighted by atomic mass is 9.99. The van der Waals surface area contributed by atoms with E-state index in [1.54, 1.807) is 6.07 Å². The van der Waals surface area contributed by atoms with Crippen molar-refractivity contribution < 1.29 is 17.6 Å². The molecule has 2 aromatic carbocycles. The van der Waals surface area contributed by atoms with Gasteiger partial charge in [0.15, 0.2) is 0 Å². The molecule has 1 amide bonds. The monoisotopic (exact) mass is 307 g/mol. The number of carbonyl (C=O) groups excluding carboxylic acids is 1. The first kappa shape index (κ1) is 15.1. The molecule has 0 saturated carbocycles. The maximum absolute atomic E-state index is 13.8. The Balaban J connectivity index is 2.82. The minimum absolute atomic E-state index is 0.0689. The quantitative estimate of drug-likeness (QED) is 0.892. The molecule has 1 radical (unpaired) electrons. The number of hydrogen-bond acceptors (Lipinski definition) is 3. The number of primary amides is 1. The normalized spacial score (nSPS) is 11.3. The topological polar surface area (TPSA) is 89.3 Å². The van der Waals surface area contributed by atoms with E-state index in [1.165, 1.54) is 37.4 Å². The Morgan fingerprint density at radius 2 is 1.90 bits per heavy atom. The summed E-state index contributed by atoms with van der Waals surface area (Å²) in [7, 11) is -2.50. The molecule has 2 aromatic rings. The highest BCUT2D eigenvalue weighted by Gasteiger charge is 2.22. The van der Waals surface area contributed by atoms with Gasteiger partial charge in [0.2, 0.25) is 10.0 Å². The summed E-state index contributed by atoms with van der Waals surface area (Å²) in [4.78, 5) is 11.4. The van der Waals surface area contributed by atoms with E-state index >= 15 is 0 Å². The van der Waals surface area contributed by atoms with E-state index in [-0.39, 0.29) is 16.0 Å². The van der Waals surface area contributed by atoms with Crippen molar-refractivity contribution in [2.45, 2.75) is 4.90 Å². The van der Waals surface area contributed by atoms with Crippen molar-refractivity contribution in [1.29, 1.82) is 0 Å². The van der Waals surface area contributed by atoms with Gasteiger partial charge in [-0.05, 0) is 18.7 Å². The number of carbonyl (C=O) groups is 1. The summed E-state index contributed by atoms with van der Waals surface area (Å²) < 4.78 is 40.0. The fraction of sp³-hybridized carbons (Fsp3) is 0.0714. The summed E-state index contributed by atoms with van der Waals surface area (Å²) in [6.45, 7) is 0. The highest BCUT2D eigenvalue weighted by Crippen LogP contribution is 2.30. The van der Waals surface area contributed by atoms with E-state index in [2.05, 4.69) is 10.8 Å². The van der Waals surface area contributed by atoms with Crippen molar-refractivity contribution in [3.8, 4) is 11.1 Å². The van der Waals surface area contributed by atoms with E-state index < -0.39 is 27.3 Å². The Labute approximate surface area is 121 Å². The van der Waals surface area contributed by atoms with Gasteiger partial charge in [0.1, 0.15) is 5.82 Å². The van der Waals surface area contributed by atoms with Crippen molar-refractivity contribution in [3.05, 3.63) is 53.8 Å². The third kappa shape index (κ3) is 2.79. The van der Waals surface area contributed by atoms with Crippen LogP contribution in [0.4, 0.5) is 4.39 Å². The zero-order chi connectivity index (χ0) is 15.6. The molecule has 0 aliphatic heterocycles. The average molecular weight is 307 g/mol. The number of hydrogen-bond donors (Lipinski definition) is 2. The van der Waals surface area contributed by atoms with Crippen molar-refractivity contribution >= 4 is 15.9 Å². The lowest BCUT2D eigenvalue weighted by molar-refractivity contribution is 0.0997. The first-order chi connectivity index (χ1) is 9.88. The number of nitrogens with one attached hydrogen (secondary N) is 1. The average Bonchev–Trinajstić information content (AvgIpc) is 2.46. The van der Waals surface area contributed by atoms with Gasteiger partial charge in [0.25, 0.3) is 5.91 Å². The Kier molecular flexibility index (Phi) is 4.06. The number of amides is 1. The van der Waals surface area contributed by atoms with Gasteiger partial charge in [0.05, 0.1) is 10.5 Å². The van der Waals surface area contributed by atoms with Crippen LogP contribution in [0.25, 0.3) is 11.1 Å². The minimum Gasteiger partial charge on any atom is -0.365 e. The van der Waals surface area contributed by atoms with Gasteiger partial charge in [-0.1, -0.05) is 30.3 Å². The van der Waals surface area contributed by atoms with E-state index in [0.717, 1.165) is 0 Å². The van der Waals surface area contributed by atoms with Gasteiger partial charge in [0, 0.05) is 11.6 Å². The van der Waals surface area contributed by atoms with Crippen LogP contribution in [0.1, 0.15) is 10.4 Å². The van der Waals surface area contributed by atoms with Crippen LogP contribution in [0.3, 0.4) is 0 Å². The molecule has 21 heavy (non-hydrogen) atoms. The number of nitrogens with two attached hydrogens (primary N) is 1.